The number of ether oxygens (including phenoxy) is 2. The molecule has 2 aromatic heterocycles. The van der Waals surface area contributed by atoms with E-state index in [2.05, 4.69) is 15.5 Å². The number of hydrogen-bond acceptors (Lipinski definition) is 8. The molecule has 0 saturated carbocycles. The van der Waals surface area contributed by atoms with Crippen LogP contribution in [0.1, 0.15) is 22.7 Å². The minimum absolute atomic E-state index is 0.0471. The summed E-state index contributed by atoms with van der Waals surface area (Å²) in [6.45, 7) is 0.0508. The Morgan fingerprint density at radius 1 is 1.38 bits per heavy atom. The Morgan fingerprint density at radius 2 is 2.19 bits per heavy atom. The molecule has 1 atom stereocenters. The smallest absolute Gasteiger partial charge is 0.328 e. The van der Waals surface area contributed by atoms with Crippen molar-refractivity contribution in [3.63, 3.8) is 0 Å². The van der Waals surface area contributed by atoms with E-state index in [1.165, 1.54) is 25.6 Å². The van der Waals surface area contributed by atoms with E-state index in [4.69, 9.17) is 25.6 Å². The fourth-order valence-electron chi connectivity index (χ4n) is 1.97. The van der Waals surface area contributed by atoms with Crippen LogP contribution in [0.4, 0.5) is 0 Å². The number of hydrogen-bond donors (Lipinski definition) is 1. The van der Waals surface area contributed by atoms with Crippen LogP contribution in [-0.4, -0.2) is 47.2 Å². The predicted molar refractivity (Wildman–Crippen MR) is 96.4 cm³/mol. The molecular weight excluding hydrogens is 382 g/mol. The number of nitrogens with zero attached hydrogens (tertiary/aromatic N) is 2. The quantitative estimate of drug-likeness (QED) is 0.641. The zero-order chi connectivity index (χ0) is 18.9. The molecule has 0 unspecified atom stereocenters. The first-order valence-electron chi connectivity index (χ1n) is 7.60. The molecule has 0 radical (unpaired) electrons. The van der Waals surface area contributed by atoms with Crippen molar-refractivity contribution in [2.45, 2.75) is 19.1 Å². The number of carbonyl (C=O) groups excluding carboxylic acids is 2. The van der Waals surface area contributed by atoms with Crippen molar-refractivity contribution in [3.8, 4) is 5.75 Å². The van der Waals surface area contributed by atoms with Crippen LogP contribution < -0.4 is 10.1 Å². The summed E-state index contributed by atoms with van der Waals surface area (Å²) in [6.07, 6.45) is 5.35. The van der Waals surface area contributed by atoms with Crippen molar-refractivity contribution < 1.29 is 23.6 Å². The summed E-state index contributed by atoms with van der Waals surface area (Å²) >= 11 is 7.39. The molecule has 1 amide bonds. The highest BCUT2D eigenvalue weighted by Gasteiger charge is 2.23. The molecule has 2 rings (SSSR count). The average molecular weight is 400 g/mol. The molecule has 0 aliphatic heterocycles. The Morgan fingerprint density at radius 3 is 2.88 bits per heavy atom. The first kappa shape index (κ1) is 20.1. The van der Waals surface area contributed by atoms with Crippen LogP contribution in [0.15, 0.2) is 29.0 Å². The molecule has 0 fully saturated rings. The third-order valence-electron chi connectivity index (χ3n) is 3.25. The van der Waals surface area contributed by atoms with Crippen molar-refractivity contribution >= 4 is 35.2 Å². The minimum atomic E-state index is -0.742. The number of carbonyl (C=O) groups is 2. The monoisotopic (exact) mass is 399 g/mol. The Balaban J connectivity index is 1.94. The van der Waals surface area contributed by atoms with Crippen LogP contribution in [0.5, 0.6) is 5.75 Å². The number of thioether (sulfide) groups is 1. The molecule has 10 heteroatoms. The molecule has 0 spiro atoms. The number of halogens is 1. The fourth-order valence-corrected chi connectivity index (χ4v) is 2.61. The lowest BCUT2D eigenvalue weighted by Crippen LogP contribution is -2.42. The topological polar surface area (TPSA) is 104 Å². The van der Waals surface area contributed by atoms with Crippen LogP contribution in [0.25, 0.3) is 0 Å². The molecule has 0 bridgehead atoms. The van der Waals surface area contributed by atoms with Crippen molar-refractivity contribution in [2.75, 3.05) is 19.1 Å². The Labute approximate surface area is 159 Å². The Hall–Kier alpha value is -2.26. The maximum absolute atomic E-state index is 12.3. The zero-order valence-corrected chi connectivity index (χ0v) is 15.8. The fraction of sp³-hybridized carbons (Fsp3) is 0.375. The largest absolute Gasteiger partial charge is 0.484 e. The number of amides is 1. The highest BCUT2D eigenvalue weighted by Crippen LogP contribution is 2.17. The minimum Gasteiger partial charge on any atom is -0.484 e. The van der Waals surface area contributed by atoms with Gasteiger partial charge in [0.15, 0.2) is 11.5 Å². The first-order valence-corrected chi connectivity index (χ1v) is 9.37. The first-order chi connectivity index (χ1) is 12.5. The second kappa shape index (κ2) is 10.0. The molecule has 2 aromatic rings. The van der Waals surface area contributed by atoms with Crippen LogP contribution >= 0.6 is 23.4 Å². The van der Waals surface area contributed by atoms with Crippen molar-refractivity contribution in [2.24, 2.45) is 0 Å². The van der Waals surface area contributed by atoms with Crippen LogP contribution in [0, 0.1) is 0 Å². The number of methoxy groups -OCH3 is 1. The summed E-state index contributed by atoms with van der Waals surface area (Å²) in [5, 5.41) is 6.74. The lowest BCUT2D eigenvalue weighted by molar-refractivity contribution is -0.142. The van der Waals surface area contributed by atoms with E-state index in [9.17, 15) is 9.59 Å². The molecule has 26 heavy (non-hydrogen) atoms. The van der Waals surface area contributed by atoms with Gasteiger partial charge in [-0.3, -0.25) is 9.78 Å². The van der Waals surface area contributed by atoms with E-state index in [1.807, 2.05) is 6.26 Å². The number of rotatable bonds is 9. The van der Waals surface area contributed by atoms with E-state index >= 15 is 0 Å². The molecule has 2 heterocycles. The van der Waals surface area contributed by atoms with E-state index in [0.717, 1.165) is 0 Å². The molecule has 0 aliphatic carbocycles. The van der Waals surface area contributed by atoms with E-state index in [-0.39, 0.29) is 12.3 Å². The highest BCUT2D eigenvalue weighted by atomic mass is 35.5. The van der Waals surface area contributed by atoms with Gasteiger partial charge in [-0.1, -0.05) is 16.8 Å². The van der Waals surface area contributed by atoms with Gasteiger partial charge in [-0.05, 0) is 18.4 Å². The molecule has 8 nitrogen and oxygen atoms in total. The van der Waals surface area contributed by atoms with Gasteiger partial charge in [-0.2, -0.15) is 11.8 Å². The molecule has 1 N–H and O–H groups in total. The standard InChI is InChI=1S/C16H18ClN3O5S/c1-23-16(22)13(3-4-26-2)19-15(21)14-6-12(25-20-14)9-24-11-5-10(17)7-18-8-11/h5-8,13H,3-4,9H2,1-2H3,(H,19,21)/t13-/m0/s1. The Bertz CT molecular complexity index is 755. The van der Waals surface area contributed by atoms with Gasteiger partial charge < -0.3 is 19.3 Å². The maximum Gasteiger partial charge on any atom is 0.328 e. The highest BCUT2D eigenvalue weighted by molar-refractivity contribution is 7.98. The lowest BCUT2D eigenvalue weighted by atomic mass is 10.2. The van der Waals surface area contributed by atoms with E-state index in [1.54, 1.807) is 17.8 Å². The van der Waals surface area contributed by atoms with Crippen LogP contribution in [0.3, 0.4) is 0 Å². The van der Waals surface area contributed by atoms with Crippen LogP contribution in [-0.2, 0) is 16.1 Å². The Kier molecular flexibility index (Phi) is 7.73. The van der Waals surface area contributed by atoms with Crippen molar-refractivity contribution in [1.82, 2.24) is 15.5 Å². The van der Waals surface area contributed by atoms with Gasteiger partial charge in [0.05, 0.1) is 18.3 Å². The van der Waals surface area contributed by atoms with Crippen molar-refractivity contribution in [1.29, 1.82) is 0 Å². The third kappa shape index (κ3) is 5.92. The molecular formula is C16H18ClN3O5S. The molecule has 140 valence electrons. The summed E-state index contributed by atoms with van der Waals surface area (Å²) < 4.78 is 15.2. The normalized spacial score (nSPS) is 11.7. The van der Waals surface area contributed by atoms with Gasteiger partial charge in [-0.25, -0.2) is 4.79 Å². The van der Waals surface area contributed by atoms with Gasteiger partial charge in [0, 0.05) is 18.3 Å². The summed E-state index contributed by atoms with van der Waals surface area (Å²) in [5.74, 6) is 0.469. The summed E-state index contributed by atoms with van der Waals surface area (Å²) in [5.41, 5.74) is 0.0471. The number of nitrogens with one attached hydrogen (secondary N) is 1. The summed E-state index contributed by atoms with van der Waals surface area (Å²) in [4.78, 5) is 27.9. The molecule has 0 aromatic carbocycles. The average Bonchev–Trinajstić information content (AvgIpc) is 3.12. The number of esters is 1. The van der Waals surface area contributed by atoms with Crippen molar-refractivity contribution in [3.05, 3.63) is 41.0 Å². The van der Waals surface area contributed by atoms with E-state index < -0.39 is 17.9 Å². The van der Waals surface area contributed by atoms with Gasteiger partial charge in [-0.15, -0.1) is 0 Å². The van der Waals surface area contributed by atoms with E-state index in [0.29, 0.717) is 28.7 Å². The molecule has 0 saturated heterocycles. The number of aromatic nitrogens is 2. The summed E-state index contributed by atoms with van der Waals surface area (Å²) in [7, 11) is 1.27. The van der Waals surface area contributed by atoms with Gasteiger partial charge in [0.2, 0.25) is 0 Å². The second-order valence-corrected chi connectivity index (χ2v) is 6.56. The maximum atomic E-state index is 12.3. The van der Waals surface area contributed by atoms with Crippen LogP contribution in [0.2, 0.25) is 5.02 Å². The number of pyridine rings is 1. The summed E-state index contributed by atoms with van der Waals surface area (Å²) in [6, 6.07) is 2.30. The second-order valence-electron chi connectivity index (χ2n) is 5.14. The van der Waals surface area contributed by atoms with Gasteiger partial charge in [0.1, 0.15) is 18.4 Å². The SMILES string of the molecule is COC(=O)[C@H](CCSC)NC(=O)c1cc(COc2cncc(Cl)c2)on1. The van der Waals surface area contributed by atoms with Gasteiger partial charge in [0.25, 0.3) is 5.91 Å². The third-order valence-corrected chi connectivity index (χ3v) is 4.10. The lowest BCUT2D eigenvalue weighted by Gasteiger charge is -2.14. The molecule has 0 aliphatic rings. The predicted octanol–water partition coefficient (Wildman–Crippen LogP) is 2.33. The van der Waals surface area contributed by atoms with Gasteiger partial charge >= 0.3 is 5.97 Å². The zero-order valence-electron chi connectivity index (χ0n) is 14.2.